The molecule has 6 heteroatoms. The van der Waals surface area contributed by atoms with Crippen LogP contribution < -0.4 is 5.32 Å². The lowest BCUT2D eigenvalue weighted by atomic mass is 9.51. The number of rotatable bonds is 2. The van der Waals surface area contributed by atoms with Gasteiger partial charge in [-0.25, -0.2) is 13.8 Å². The number of fused-ring (bicyclic) bond motifs is 1. The Hall–Kier alpha value is -1.56. The average molecular weight is 348 g/mol. The van der Waals surface area contributed by atoms with Crippen molar-refractivity contribution in [2.24, 2.45) is 29.6 Å². The first kappa shape index (κ1) is 14.8. The predicted molar refractivity (Wildman–Crippen MR) is 88.7 cm³/mol. The normalized spacial score (nSPS) is 34.0. The first-order chi connectivity index (χ1) is 11.6. The Bertz CT molecular complexity index is 806. The molecule has 24 heavy (non-hydrogen) atoms. The van der Waals surface area contributed by atoms with Gasteiger partial charge in [0, 0.05) is 18.1 Å². The highest BCUT2D eigenvalue weighted by Gasteiger charge is 2.50. The summed E-state index contributed by atoms with van der Waals surface area (Å²) in [6.45, 7) is 0. The number of hydrogen-bond acceptors (Lipinski definition) is 3. The van der Waals surface area contributed by atoms with Crippen LogP contribution in [0.15, 0.2) is 12.1 Å². The van der Waals surface area contributed by atoms with Gasteiger partial charge in [0.1, 0.15) is 11.6 Å². The van der Waals surface area contributed by atoms with Gasteiger partial charge in [-0.05, 0) is 55.8 Å². The molecule has 1 amide bonds. The maximum atomic E-state index is 13.8. The van der Waals surface area contributed by atoms with E-state index < -0.39 is 11.6 Å². The van der Waals surface area contributed by atoms with E-state index >= 15 is 0 Å². The summed E-state index contributed by atoms with van der Waals surface area (Å²) in [6, 6.07) is 2.05. The molecule has 3 nitrogen and oxygen atoms in total. The van der Waals surface area contributed by atoms with Crippen LogP contribution >= 0.6 is 11.3 Å². The second kappa shape index (κ2) is 5.22. The van der Waals surface area contributed by atoms with Crippen LogP contribution in [-0.2, 0) is 4.79 Å². The van der Waals surface area contributed by atoms with Crippen molar-refractivity contribution in [2.45, 2.75) is 32.1 Å². The number of nitrogens with zero attached hydrogens (tertiary/aromatic N) is 1. The zero-order valence-electron chi connectivity index (χ0n) is 13.1. The molecule has 1 aromatic heterocycles. The van der Waals surface area contributed by atoms with Crippen LogP contribution in [0.1, 0.15) is 32.1 Å². The van der Waals surface area contributed by atoms with E-state index in [1.165, 1.54) is 38.2 Å². The first-order valence-electron chi connectivity index (χ1n) is 8.63. The van der Waals surface area contributed by atoms with Crippen molar-refractivity contribution < 1.29 is 13.6 Å². The summed E-state index contributed by atoms with van der Waals surface area (Å²) in [5, 5.41) is 3.25. The molecule has 0 spiro atoms. The third kappa shape index (κ3) is 2.26. The molecule has 1 heterocycles. The third-order valence-corrected chi connectivity index (χ3v) is 7.16. The highest BCUT2D eigenvalue weighted by atomic mass is 32.1. The summed E-state index contributed by atoms with van der Waals surface area (Å²) in [4.78, 5) is 17.0. The molecule has 1 aromatic carbocycles. The summed E-state index contributed by atoms with van der Waals surface area (Å²) < 4.78 is 27.4. The van der Waals surface area contributed by atoms with E-state index in [1.54, 1.807) is 0 Å². The summed E-state index contributed by atoms with van der Waals surface area (Å²) >= 11 is 1.08. The number of thiazole rings is 1. The van der Waals surface area contributed by atoms with E-state index in [-0.39, 0.29) is 22.0 Å². The second-order valence-corrected chi connectivity index (χ2v) is 8.70. The van der Waals surface area contributed by atoms with Crippen LogP contribution in [0.25, 0.3) is 10.2 Å². The molecule has 4 fully saturated rings. The van der Waals surface area contributed by atoms with E-state index in [4.69, 9.17) is 0 Å². The molecule has 126 valence electrons. The Morgan fingerprint density at radius 2 is 1.75 bits per heavy atom. The van der Waals surface area contributed by atoms with Crippen LogP contribution in [0, 0.1) is 41.2 Å². The fourth-order valence-electron chi connectivity index (χ4n) is 5.56. The Labute approximate surface area is 142 Å². The number of anilines is 1. The first-order valence-corrected chi connectivity index (χ1v) is 9.45. The van der Waals surface area contributed by atoms with E-state index in [0.29, 0.717) is 17.0 Å². The maximum Gasteiger partial charge on any atom is 0.229 e. The summed E-state index contributed by atoms with van der Waals surface area (Å²) in [5.41, 5.74) is 0.262. The van der Waals surface area contributed by atoms with Crippen molar-refractivity contribution in [2.75, 3.05) is 5.32 Å². The van der Waals surface area contributed by atoms with E-state index in [9.17, 15) is 13.6 Å². The highest BCUT2D eigenvalue weighted by Crippen LogP contribution is 2.56. The smallest absolute Gasteiger partial charge is 0.229 e. The predicted octanol–water partition coefficient (Wildman–Crippen LogP) is 4.59. The third-order valence-electron chi connectivity index (χ3n) is 6.17. The molecular weight excluding hydrogens is 330 g/mol. The number of aromatic nitrogens is 1. The molecule has 0 radical (unpaired) electrons. The van der Waals surface area contributed by atoms with Gasteiger partial charge in [-0.2, -0.15) is 0 Å². The van der Waals surface area contributed by atoms with Gasteiger partial charge in [0.25, 0.3) is 0 Å². The quantitative estimate of drug-likeness (QED) is 0.863. The van der Waals surface area contributed by atoms with Crippen LogP contribution in [0.5, 0.6) is 0 Å². The van der Waals surface area contributed by atoms with Gasteiger partial charge < -0.3 is 5.32 Å². The molecular formula is C18H18F2N2OS. The van der Waals surface area contributed by atoms with Gasteiger partial charge in [-0.1, -0.05) is 11.3 Å². The number of benzene rings is 1. The molecule has 2 aromatic rings. The number of carbonyl (C=O) groups is 1. The zero-order chi connectivity index (χ0) is 16.4. The van der Waals surface area contributed by atoms with Crippen molar-refractivity contribution in [1.82, 2.24) is 4.98 Å². The average Bonchev–Trinajstić information content (AvgIpc) is 2.88. The lowest BCUT2D eigenvalue weighted by Gasteiger charge is -2.53. The van der Waals surface area contributed by atoms with Crippen molar-refractivity contribution in [1.29, 1.82) is 0 Å². The van der Waals surface area contributed by atoms with Crippen molar-refractivity contribution in [3.8, 4) is 0 Å². The number of halogens is 2. The maximum absolute atomic E-state index is 13.8. The van der Waals surface area contributed by atoms with Gasteiger partial charge in [0.05, 0.1) is 10.2 Å². The molecule has 0 unspecified atom stereocenters. The molecule has 6 rings (SSSR count). The van der Waals surface area contributed by atoms with E-state index in [2.05, 4.69) is 10.3 Å². The molecule has 0 atom stereocenters. The van der Waals surface area contributed by atoms with Gasteiger partial charge in [-0.3, -0.25) is 4.79 Å². The van der Waals surface area contributed by atoms with Gasteiger partial charge in [0.15, 0.2) is 5.13 Å². The Morgan fingerprint density at radius 1 is 1.08 bits per heavy atom. The number of hydrogen-bond donors (Lipinski definition) is 1. The minimum atomic E-state index is -0.649. The van der Waals surface area contributed by atoms with E-state index in [1.807, 2.05) is 0 Å². The standard InChI is InChI=1S/C18H18F2N2OS/c19-12-6-13(20)16-14(7-12)21-18(24-16)22-17(23)15-10-2-8-1-9(4-10)5-11(15)3-8/h6-11,15H,1-5H2,(H,21,22,23). The molecule has 4 saturated carbocycles. The summed E-state index contributed by atoms with van der Waals surface area (Å²) in [5.74, 6) is 1.42. The van der Waals surface area contributed by atoms with Gasteiger partial charge in [0.2, 0.25) is 5.91 Å². The Balaban J connectivity index is 1.40. The number of nitrogens with one attached hydrogen (secondary N) is 1. The highest BCUT2D eigenvalue weighted by molar-refractivity contribution is 7.22. The van der Waals surface area contributed by atoms with Crippen LogP contribution in [-0.4, -0.2) is 10.9 Å². The molecule has 4 aliphatic carbocycles. The molecule has 1 N–H and O–H groups in total. The minimum absolute atomic E-state index is 0.0173. The van der Waals surface area contributed by atoms with Crippen molar-refractivity contribution >= 4 is 32.6 Å². The SMILES string of the molecule is O=C(Nc1nc2cc(F)cc(F)c2s1)C1C2CC3CC(C2)CC1C3. The molecule has 4 aliphatic rings. The Kier molecular flexibility index (Phi) is 3.21. The molecule has 0 saturated heterocycles. The number of carbonyl (C=O) groups excluding carboxylic acids is 1. The van der Waals surface area contributed by atoms with Crippen molar-refractivity contribution in [3.05, 3.63) is 23.8 Å². The summed E-state index contributed by atoms with van der Waals surface area (Å²) in [6.07, 6.45) is 6.04. The fraction of sp³-hybridized carbons (Fsp3) is 0.556. The lowest BCUT2D eigenvalue weighted by Crippen LogP contribution is -2.49. The topological polar surface area (TPSA) is 42.0 Å². The summed E-state index contributed by atoms with van der Waals surface area (Å²) in [7, 11) is 0. The molecule has 0 aliphatic heterocycles. The zero-order valence-corrected chi connectivity index (χ0v) is 13.9. The van der Waals surface area contributed by atoms with E-state index in [0.717, 1.165) is 29.2 Å². The largest absolute Gasteiger partial charge is 0.302 e. The van der Waals surface area contributed by atoms with Crippen LogP contribution in [0.4, 0.5) is 13.9 Å². The lowest BCUT2D eigenvalue weighted by molar-refractivity contribution is -0.132. The van der Waals surface area contributed by atoms with Crippen molar-refractivity contribution in [3.63, 3.8) is 0 Å². The van der Waals surface area contributed by atoms with Gasteiger partial charge in [-0.15, -0.1) is 0 Å². The Morgan fingerprint density at radius 3 is 2.42 bits per heavy atom. The number of amides is 1. The van der Waals surface area contributed by atoms with Crippen LogP contribution in [0.2, 0.25) is 0 Å². The minimum Gasteiger partial charge on any atom is -0.302 e. The second-order valence-electron chi connectivity index (χ2n) is 7.70. The van der Waals surface area contributed by atoms with Crippen LogP contribution in [0.3, 0.4) is 0 Å². The monoisotopic (exact) mass is 348 g/mol. The molecule has 4 bridgehead atoms. The fourth-order valence-corrected chi connectivity index (χ4v) is 6.41. The van der Waals surface area contributed by atoms with Gasteiger partial charge >= 0.3 is 0 Å².